The van der Waals surface area contributed by atoms with Gasteiger partial charge >= 0.3 is 5.97 Å². The highest BCUT2D eigenvalue weighted by atomic mass is 32.2. The summed E-state index contributed by atoms with van der Waals surface area (Å²) in [4.78, 5) is 24.6. The molecule has 0 aliphatic heterocycles. The predicted octanol–water partition coefficient (Wildman–Crippen LogP) is 2.35. The number of benzene rings is 2. The second-order valence-corrected chi connectivity index (χ2v) is 7.70. The van der Waals surface area contributed by atoms with Crippen LogP contribution in [0.15, 0.2) is 47.4 Å². The molecule has 1 N–H and O–H groups in total. The minimum Gasteiger partial charge on any atom is -0.493 e. The largest absolute Gasteiger partial charge is 0.493 e. The van der Waals surface area contributed by atoms with Crippen molar-refractivity contribution in [3.63, 3.8) is 0 Å². The Morgan fingerprint density at radius 3 is 2.45 bits per heavy atom. The van der Waals surface area contributed by atoms with Crippen LogP contribution < -0.4 is 14.8 Å². The number of hydrogen-bond donors (Lipinski definition) is 1. The molecule has 0 fully saturated rings. The first kappa shape index (κ1) is 22.4. The molecule has 8 heteroatoms. The van der Waals surface area contributed by atoms with Gasteiger partial charge < -0.3 is 19.5 Å². The van der Waals surface area contributed by atoms with E-state index in [2.05, 4.69) is 5.32 Å². The van der Waals surface area contributed by atoms with Crippen molar-refractivity contribution >= 4 is 22.7 Å². The Labute approximate surface area is 172 Å². The van der Waals surface area contributed by atoms with E-state index >= 15 is 0 Å². The van der Waals surface area contributed by atoms with Crippen LogP contribution in [-0.4, -0.2) is 49.2 Å². The summed E-state index contributed by atoms with van der Waals surface area (Å²) in [5, 5.41) is 2.70. The lowest BCUT2D eigenvalue weighted by atomic mass is 10.1. The maximum atomic E-state index is 12.3. The summed E-state index contributed by atoms with van der Waals surface area (Å²) in [5.74, 6) is 0.566. The van der Waals surface area contributed by atoms with Gasteiger partial charge in [0.25, 0.3) is 5.91 Å². The Morgan fingerprint density at radius 1 is 1.03 bits per heavy atom. The van der Waals surface area contributed by atoms with Crippen molar-refractivity contribution in [1.29, 1.82) is 0 Å². The number of carbonyl (C=O) groups is 2. The average Bonchev–Trinajstić information content (AvgIpc) is 2.76. The molecule has 2 aromatic carbocycles. The molecule has 0 saturated carbocycles. The minimum atomic E-state index is -1.29. The molecule has 0 aliphatic rings. The van der Waals surface area contributed by atoms with E-state index in [1.165, 1.54) is 0 Å². The van der Waals surface area contributed by atoms with Crippen LogP contribution in [0.1, 0.15) is 22.8 Å². The molecule has 0 heterocycles. The van der Waals surface area contributed by atoms with Crippen LogP contribution in [0.25, 0.3) is 0 Å². The number of nitrogens with one attached hydrogen (secondary N) is 1. The van der Waals surface area contributed by atoms with Gasteiger partial charge in [0.15, 0.2) is 18.1 Å². The molecule has 1 atom stereocenters. The van der Waals surface area contributed by atoms with Crippen molar-refractivity contribution < 1.29 is 28.0 Å². The summed E-state index contributed by atoms with van der Waals surface area (Å²) in [6.07, 6.45) is 0.582. The van der Waals surface area contributed by atoms with E-state index in [4.69, 9.17) is 14.2 Å². The number of esters is 1. The lowest BCUT2D eigenvalue weighted by Gasteiger charge is -2.11. The number of methoxy groups -OCH3 is 2. The summed E-state index contributed by atoms with van der Waals surface area (Å²) >= 11 is 0. The van der Waals surface area contributed by atoms with Gasteiger partial charge in [-0.05, 0) is 36.2 Å². The highest BCUT2D eigenvalue weighted by molar-refractivity contribution is 7.85. The molecule has 156 valence electrons. The lowest BCUT2D eigenvalue weighted by molar-refractivity contribution is -0.124. The third-order valence-electron chi connectivity index (χ3n) is 4.13. The van der Waals surface area contributed by atoms with E-state index in [-0.39, 0.29) is 5.56 Å². The van der Waals surface area contributed by atoms with Crippen LogP contribution in [0, 0.1) is 0 Å². The topological polar surface area (TPSA) is 90.9 Å². The normalized spacial score (nSPS) is 11.4. The highest BCUT2D eigenvalue weighted by Crippen LogP contribution is 2.27. The van der Waals surface area contributed by atoms with Crippen LogP contribution in [0.5, 0.6) is 11.5 Å². The van der Waals surface area contributed by atoms with Gasteiger partial charge in [-0.1, -0.05) is 25.1 Å². The monoisotopic (exact) mass is 419 g/mol. The molecule has 0 aromatic heterocycles. The van der Waals surface area contributed by atoms with Crippen LogP contribution in [-0.2, 0) is 26.8 Å². The molecule has 0 saturated heterocycles. The van der Waals surface area contributed by atoms with E-state index in [1.807, 2.05) is 12.1 Å². The molecule has 7 nitrogen and oxygen atoms in total. The van der Waals surface area contributed by atoms with Crippen molar-refractivity contribution in [1.82, 2.24) is 5.32 Å². The first-order chi connectivity index (χ1) is 14.0. The second kappa shape index (κ2) is 11.2. The summed E-state index contributed by atoms with van der Waals surface area (Å²) in [6, 6.07) is 12.1. The van der Waals surface area contributed by atoms with Gasteiger partial charge in [-0.15, -0.1) is 0 Å². The molecule has 1 amide bonds. The zero-order chi connectivity index (χ0) is 21.2. The highest BCUT2D eigenvalue weighted by Gasteiger charge is 2.17. The van der Waals surface area contributed by atoms with Crippen molar-refractivity contribution in [3.8, 4) is 11.5 Å². The Kier molecular flexibility index (Phi) is 8.67. The Balaban J connectivity index is 1.83. The smallest absolute Gasteiger partial charge is 0.339 e. The van der Waals surface area contributed by atoms with E-state index in [0.29, 0.717) is 35.1 Å². The lowest BCUT2D eigenvalue weighted by Crippen LogP contribution is -2.30. The van der Waals surface area contributed by atoms with Crippen molar-refractivity contribution in [3.05, 3.63) is 53.6 Å². The van der Waals surface area contributed by atoms with Crippen molar-refractivity contribution in [2.75, 3.05) is 33.1 Å². The van der Waals surface area contributed by atoms with Gasteiger partial charge in [0.2, 0.25) is 0 Å². The molecule has 0 unspecified atom stereocenters. The minimum absolute atomic E-state index is 0.214. The molecule has 0 spiro atoms. The van der Waals surface area contributed by atoms with E-state index < -0.39 is 29.3 Å². The van der Waals surface area contributed by atoms with Gasteiger partial charge in [-0.2, -0.15) is 0 Å². The van der Waals surface area contributed by atoms with E-state index in [9.17, 15) is 13.8 Å². The molecule has 2 aromatic rings. The number of ether oxygens (including phenoxy) is 3. The van der Waals surface area contributed by atoms with Gasteiger partial charge in [0, 0.05) is 12.3 Å². The molecule has 0 aliphatic carbocycles. The molecule has 29 heavy (non-hydrogen) atoms. The molecule has 0 radical (unpaired) electrons. The quantitative estimate of drug-likeness (QED) is 0.595. The summed E-state index contributed by atoms with van der Waals surface area (Å²) < 4.78 is 27.6. The van der Waals surface area contributed by atoms with Gasteiger partial charge in [0.1, 0.15) is 0 Å². The third kappa shape index (κ3) is 6.32. The summed E-state index contributed by atoms with van der Waals surface area (Å²) in [6.45, 7) is 1.74. The van der Waals surface area contributed by atoms with Crippen molar-refractivity contribution in [2.45, 2.75) is 18.2 Å². The summed E-state index contributed by atoms with van der Waals surface area (Å²) in [5.41, 5.74) is 1.18. The number of amides is 1. The van der Waals surface area contributed by atoms with Crippen molar-refractivity contribution in [2.24, 2.45) is 0 Å². The first-order valence-electron chi connectivity index (χ1n) is 9.12. The number of carbonyl (C=O) groups excluding carboxylic acids is 2. The Morgan fingerprint density at radius 2 is 1.76 bits per heavy atom. The van der Waals surface area contributed by atoms with Gasteiger partial charge in [0.05, 0.1) is 35.5 Å². The van der Waals surface area contributed by atoms with Gasteiger partial charge in [-0.25, -0.2) is 4.79 Å². The summed E-state index contributed by atoms with van der Waals surface area (Å²) in [7, 11) is 1.84. The SMILES string of the molecule is CC[S@@](=O)c1ccccc1C(=O)OCC(=O)NCCc1ccc(OC)c(OC)c1. The molecule has 0 bridgehead atoms. The maximum Gasteiger partial charge on any atom is 0.339 e. The fraction of sp³-hybridized carbons (Fsp3) is 0.333. The van der Waals surface area contributed by atoms with E-state index in [1.54, 1.807) is 51.5 Å². The second-order valence-electron chi connectivity index (χ2n) is 6.00. The maximum absolute atomic E-state index is 12.3. The number of rotatable bonds is 10. The first-order valence-corrected chi connectivity index (χ1v) is 10.4. The van der Waals surface area contributed by atoms with Crippen LogP contribution in [0.2, 0.25) is 0 Å². The molecule has 2 rings (SSSR count). The average molecular weight is 419 g/mol. The zero-order valence-corrected chi connectivity index (χ0v) is 17.5. The molecular formula is C21H25NO6S. The van der Waals surface area contributed by atoms with Crippen LogP contribution in [0.4, 0.5) is 0 Å². The van der Waals surface area contributed by atoms with Gasteiger partial charge in [-0.3, -0.25) is 9.00 Å². The fourth-order valence-electron chi connectivity index (χ4n) is 2.63. The van der Waals surface area contributed by atoms with Crippen LogP contribution >= 0.6 is 0 Å². The zero-order valence-electron chi connectivity index (χ0n) is 16.7. The van der Waals surface area contributed by atoms with Crippen LogP contribution in [0.3, 0.4) is 0 Å². The predicted molar refractivity (Wildman–Crippen MR) is 110 cm³/mol. The number of hydrogen-bond acceptors (Lipinski definition) is 6. The molecular weight excluding hydrogens is 394 g/mol. The fourth-order valence-corrected chi connectivity index (χ4v) is 3.57. The van der Waals surface area contributed by atoms with E-state index in [0.717, 1.165) is 5.56 Å². The Bertz CT molecular complexity index is 883. The third-order valence-corrected chi connectivity index (χ3v) is 5.50. The standard InChI is InChI=1S/C21H25NO6S/c1-4-29(25)19-8-6-5-7-16(19)21(24)28-14-20(23)22-12-11-15-9-10-17(26-2)18(13-15)27-3/h5-10,13H,4,11-12,14H2,1-3H3,(H,22,23)/t29-/m1/s1. The Hall–Kier alpha value is -2.87.